The van der Waals surface area contributed by atoms with Gasteiger partial charge in [-0.3, -0.25) is 0 Å². The van der Waals surface area contributed by atoms with Crippen molar-refractivity contribution in [2.45, 2.75) is 39.9 Å². The van der Waals surface area contributed by atoms with Crippen LogP contribution in [-0.4, -0.2) is 0 Å². The van der Waals surface area contributed by atoms with Crippen LogP contribution < -0.4 is 4.74 Å². The molecule has 1 atom stereocenters. The van der Waals surface area contributed by atoms with E-state index in [1.54, 1.807) is 0 Å². The average Bonchev–Trinajstić information content (AvgIpc) is 2.70. The van der Waals surface area contributed by atoms with Crippen molar-refractivity contribution in [3.05, 3.63) is 95.0 Å². The summed E-state index contributed by atoms with van der Waals surface area (Å²) < 4.78 is 12.4. The van der Waals surface area contributed by atoms with Crippen LogP contribution in [0.5, 0.6) is 11.5 Å². The molecular formula is C25H27ClO2. The number of ether oxygens (including phenoxy) is 2. The second-order valence-electron chi connectivity index (χ2n) is 7.65. The van der Waals surface area contributed by atoms with Gasteiger partial charge in [-0.2, -0.15) is 0 Å². The molecule has 0 aromatic heterocycles. The molecule has 3 heteroatoms. The standard InChI is InChI=1S/C25H27ClO2/c1-4-25(2,3)24(20-13-15-21(26)16-14-20)27-18-19-9-8-12-23(17-19)28-22-10-6-5-7-11-22/h5-17,24H,4,18H2,1-3H3. The summed E-state index contributed by atoms with van der Waals surface area (Å²) in [7, 11) is 0. The minimum Gasteiger partial charge on any atom is -0.457 e. The number of para-hydroxylation sites is 1. The fourth-order valence-electron chi connectivity index (χ4n) is 3.10. The molecule has 2 nitrogen and oxygen atoms in total. The van der Waals surface area contributed by atoms with Gasteiger partial charge >= 0.3 is 0 Å². The van der Waals surface area contributed by atoms with E-state index >= 15 is 0 Å². The molecule has 0 radical (unpaired) electrons. The maximum absolute atomic E-state index is 6.42. The van der Waals surface area contributed by atoms with Gasteiger partial charge in [0.05, 0.1) is 12.7 Å². The van der Waals surface area contributed by atoms with Gasteiger partial charge in [-0.25, -0.2) is 0 Å². The van der Waals surface area contributed by atoms with Crippen LogP contribution in [0.15, 0.2) is 78.9 Å². The van der Waals surface area contributed by atoms with Crippen molar-refractivity contribution in [2.75, 3.05) is 0 Å². The molecule has 146 valence electrons. The van der Waals surface area contributed by atoms with Crippen molar-refractivity contribution in [1.82, 2.24) is 0 Å². The summed E-state index contributed by atoms with van der Waals surface area (Å²) >= 11 is 6.07. The normalized spacial score (nSPS) is 12.6. The van der Waals surface area contributed by atoms with Crippen LogP contribution in [-0.2, 0) is 11.3 Å². The summed E-state index contributed by atoms with van der Waals surface area (Å²) in [5.74, 6) is 1.64. The van der Waals surface area contributed by atoms with Gasteiger partial charge < -0.3 is 9.47 Å². The van der Waals surface area contributed by atoms with E-state index in [0.29, 0.717) is 6.61 Å². The third-order valence-corrected chi connectivity index (χ3v) is 5.34. The Morgan fingerprint density at radius 2 is 1.54 bits per heavy atom. The van der Waals surface area contributed by atoms with Gasteiger partial charge in [-0.15, -0.1) is 0 Å². The molecule has 0 saturated heterocycles. The van der Waals surface area contributed by atoms with Crippen LogP contribution in [0.1, 0.15) is 44.4 Å². The number of benzene rings is 3. The Morgan fingerprint density at radius 1 is 0.857 bits per heavy atom. The molecule has 0 bridgehead atoms. The fraction of sp³-hybridized carbons (Fsp3) is 0.280. The molecule has 0 amide bonds. The van der Waals surface area contributed by atoms with Gasteiger partial charge in [0, 0.05) is 5.02 Å². The zero-order chi connectivity index (χ0) is 20.0. The van der Waals surface area contributed by atoms with Crippen LogP contribution in [0.2, 0.25) is 5.02 Å². The van der Waals surface area contributed by atoms with Gasteiger partial charge in [0.15, 0.2) is 0 Å². The van der Waals surface area contributed by atoms with Gasteiger partial charge in [0.1, 0.15) is 11.5 Å². The minimum absolute atomic E-state index is 0.00593. The first-order chi connectivity index (χ1) is 13.5. The van der Waals surface area contributed by atoms with E-state index in [0.717, 1.165) is 34.1 Å². The molecule has 0 spiro atoms. The maximum atomic E-state index is 6.42. The summed E-state index contributed by atoms with van der Waals surface area (Å²) in [6.45, 7) is 7.19. The molecule has 3 aromatic rings. The summed E-state index contributed by atoms with van der Waals surface area (Å²) in [6.07, 6.45) is 0.991. The van der Waals surface area contributed by atoms with E-state index in [1.807, 2.05) is 60.7 Å². The van der Waals surface area contributed by atoms with Crippen molar-refractivity contribution in [3.63, 3.8) is 0 Å². The SMILES string of the molecule is CCC(C)(C)C(OCc1cccc(Oc2ccccc2)c1)c1ccc(Cl)cc1. The molecule has 0 heterocycles. The molecule has 0 aliphatic rings. The average molecular weight is 395 g/mol. The maximum Gasteiger partial charge on any atom is 0.127 e. The minimum atomic E-state index is -0.0199. The lowest BCUT2D eigenvalue weighted by atomic mass is 9.80. The lowest BCUT2D eigenvalue weighted by Crippen LogP contribution is -2.24. The first-order valence-corrected chi connectivity index (χ1v) is 10.0. The van der Waals surface area contributed by atoms with Gasteiger partial charge in [-0.05, 0) is 59.4 Å². The summed E-state index contributed by atoms with van der Waals surface area (Å²) in [6, 6.07) is 25.8. The molecule has 0 aliphatic heterocycles. The van der Waals surface area contributed by atoms with E-state index < -0.39 is 0 Å². The number of rotatable bonds is 8. The second-order valence-corrected chi connectivity index (χ2v) is 8.08. The quantitative estimate of drug-likeness (QED) is 0.387. The molecular weight excluding hydrogens is 368 g/mol. The highest BCUT2D eigenvalue weighted by atomic mass is 35.5. The number of hydrogen-bond acceptors (Lipinski definition) is 2. The van der Waals surface area contributed by atoms with Gasteiger partial charge in [-0.1, -0.05) is 74.8 Å². The Labute approximate surface area is 173 Å². The van der Waals surface area contributed by atoms with Crippen LogP contribution in [0.25, 0.3) is 0 Å². The summed E-state index contributed by atoms with van der Waals surface area (Å²) in [5.41, 5.74) is 2.23. The molecule has 0 saturated carbocycles. The second kappa shape index (κ2) is 9.27. The highest BCUT2D eigenvalue weighted by molar-refractivity contribution is 6.30. The van der Waals surface area contributed by atoms with Crippen molar-refractivity contribution >= 4 is 11.6 Å². The van der Waals surface area contributed by atoms with Crippen molar-refractivity contribution in [3.8, 4) is 11.5 Å². The first kappa shape index (κ1) is 20.4. The van der Waals surface area contributed by atoms with Gasteiger partial charge in [0.25, 0.3) is 0 Å². The van der Waals surface area contributed by atoms with Crippen LogP contribution in [0, 0.1) is 5.41 Å². The zero-order valence-electron chi connectivity index (χ0n) is 16.7. The monoisotopic (exact) mass is 394 g/mol. The Kier molecular flexibility index (Phi) is 6.77. The number of halogens is 1. The molecule has 3 aromatic carbocycles. The predicted octanol–water partition coefficient (Wildman–Crippen LogP) is 7.83. The highest BCUT2D eigenvalue weighted by Crippen LogP contribution is 2.40. The predicted molar refractivity (Wildman–Crippen MR) is 116 cm³/mol. The van der Waals surface area contributed by atoms with E-state index in [9.17, 15) is 0 Å². The Balaban J connectivity index is 1.74. The molecule has 0 N–H and O–H groups in total. The molecule has 28 heavy (non-hydrogen) atoms. The van der Waals surface area contributed by atoms with Crippen molar-refractivity contribution < 1.29 is 9.47 Å². The molecule has 1 unspecified atom stereocenters. The van der Waals surface area contributed by atoms with E-state index in [-0.39, 0.29) is 11.5 Å². The zero-order valence-corrected chi connectivity index (χ0v) is 17.4. The van der Waals surface area contributed by atoms with E-state index in [2.05, 4.69) is 39.0 Å². The Bertz CT molecular complexity index is 873. The topological polar surface area (TPSA) is 18.5 Å². The van der Waals surface area contributed by atoms with Gasteiger partial charge in [0.2, 0.25) is 0 Å². The lowest BCUT2D eigenvalue weighted by molar-refractivity contribution is -0.0399. The van der Waals surface area contributed by atoms with Crippen molar-refractivity contribution in [2.24, 2.45) is 5.41 Å². The van der Waals surface area contributed by atoms with E-state index in [1.165, 1.54) is 0 Å². The fourth-order valence-corrected chi connectivity index (χ4v) is 3.22. The number of hydrogen-bond donors (Lipinski definition) is 0. The molecule has 0 aliphatic carbocycles. The summed E-state index contributed by atoms with van der Waals surface area (Å²) in [5, 5.41) is 0.738. The van der Waals surface area contributed by atoms with Crippen LogP contribution in [0.3, 0.4) is 0 Å². The Morgan fingerprint density at radius 3 is 2.21 bits per heavy atom. The Hall–Kier alpha value is -2.29. The highest BCUT2D eigenvalue weighted by Gasteiger charge is 2.30. The van der Waals surface area contributed by atoms with Crippen LogP contribution in [0.4, 0.5) is 0 Å². The third-order valence-electron chi connectivity index (χ3n) is 5.09. The smallest absolute Gasteiger partial charge is 0.127 e. The third kappa shape index (κ3) is 5.37. The van der Waals surface area contributed by atoms with Crippen molar-refractivity contribution in [1.29, 1.82) is 0 Å². The largest absolute Gasteiger partial charge is 0.457 e. The van der Waals surface area contributed by atoms with Crippen LogP contribution >= 0.6 is 11.6 Å². The summed E-state index contributed by atoms with van der Waals surface area (Å²) in [4.78, 5) is 0. The van der Waals surface area contributed by atoms with E-state index in [4.69, 9.17) is 21.1 Å². The molecule has 0 fully saturated rings. The first-order valence-electron chi connectivity index (χ1n) is 9.67. The lowest BCUT2D eigenvalue weighted by Gasteiger charge is -2.34. The molecule has 3 rings (SSSR count).